The molecule has 7 heteroatoms. The van der Waals surface area contributed by atoms with Gasteiger partial charge in [-0.05, 0) is 38.7 Å². The molecule has 1 heterocycles. The van der Waals surface area contributed by atoms with E-state index in [0.717, 1.165) is 5.56 Å². The molecule has 1 saturated heterocycles. The van der Waals surface area contributed by atoms with Crippen molar-refractivity contribution in [2.24, 2.45) is 0 Å². The van der Waals surface area contributed by atoms with E-state index in [4.69, 9.17) is 9.47 Å². The van der Waals surface area contributed by atoms with E-state index in [1.165, 1.54) is 0 Å². The van der Waals surface area contributed by atoms with Crippen LogP contribution in [0.2, 0.25) is 0 Å². The fraction of sp³-hybridized carbons (Fsp3) is 0.611. The summed E-state index contributed by atoms with van der Waals surface area (Å²) in [5.74, 6) is 0.491. The Kier molecular flexibility index (Phi) is 6.40. The number of carbonyl (C=O) groups excluding carboxylic acids is 1. The Morgan fingerprint density at radius 1 is 1.48 bits per heavy atom. The Labute approximate surface area is 148 Å². The van der Waals surface area contributed by atoms with Crippen LogP contribution in [-0.2, 0) is 9.53 Å². The van der Waals surface area contributed by atoms with Crippen LogP contribution in [0.5, 0.6) is 5.75 Å². The van der Waals surface area contributed by atoms with E-state index >= 15 is 0 Å². The molecule has 1 aliphatic heterocycles. The Balaban J connectivity index is 2.12. The Morgan fingerprint density at radius 2 is 2.20 bits per heavy atom. The summed E-state index contributed by atoms with van der Waals surface area (Å²) >= 11 is 0. The molecule has 0 radical (unpaired) electrons. The highest BCUT2D eigenvalue weighted by molar-refractivity contribution is 5.78. The van der Waals surface area contributed by atoms with Crippen molar-refractivity contribution in [3.63, 3.8) is 0 Å². The van der Waals surface area contributed by atoms with E-state index in [1.807, 2.05) is 24.3 Å². The molecule has 1 fully saturated rings. The lowest BCUT2D eigenvalue weighted by molar-refractivity contribution is -0.211. The predicted molar refractivity (Wildman–Crippen MR) is 93.4 cm³/mol. The normalized spacial score (nSPS) is 29.5. The Morgan fingerprint density at radius 3 is 2.84 bits per heavy atom. The van der Waals surface area contributed by atoms with E-state index in [9.17, 15) is 15.0 Å². The lowest BCUT2D eigenvalue weighted by Crippen LogP contribution is -2.60. The quantitative estimate of drug-likeness (QED) is 0.683. The minimum Gasteiger partial charge on any atom is -0.497 e. The average Bonchev–Trinajstić information content (AvgIpc) is 2.57. The van der Waals surface area contributed by atoms with E-state index in [2.05, 4.69) is 5.32 Å². The molecule has 1 aromatic rings. The summed E-state index contributed by atoms with van der Waals surface area (Å²) in [6.07, 6.45) is -1.88. The van der Waals surface area contributed by atoms with E-state index in [1.54, 1.807) is 33.0 Å². The number of rotatable bonds is 6. The van der Waals surface area contributed by atoms with Gasteiger partial charge in [0, 0.05) is 13.0 Å². The summed E-state index contributed by atoms with van der Waals surface area (Å²) in [4.78, 5) is 13.6. The van der Waals surface area contributed by atoms with Crippen LogP contribution >= 0.6 is 0 Å². The van der Waals surface area contributed by atoms with Gasteiger partial charge in [0.05, 0.1) is 25.9 Å². The molecule has 0 unspecified atom stereocenters. The number of hydrogen-bond donors (Lipinski definition) is 3. The molecule has 2 rings (SSSR count). The zero-order chi connectivity index (χ0) is 18.6. The summed E-state index contributed by atoms with van der Waals surface area (Å²) in [7, 11) is 5.17. The standard InChI is InChI=1S/C18H28N2O5/c1-12-17(22)18(23,11-19-16(21)10-20(2)3)9-15(25-12)13-6-5-7-14(8-13)24-4/h5-8,12,15,17,22-23H,9-11H2,1-4H3,(H,19,21)/t12-,15-,17-,18-/m1/s1. The maximum absolute atomic E-state index is 11.9. The lowest BCUT2D eigenvalue weighted by atomic mass is 9.82. The van der Waals surface area contributed by atoms with Gasteiger partial charge >= 0.3 is 0 Å². The first-order valence-electron chi connectivity index (χ1n) is 8.36. The van der Waals surface area contributed by atoms with E-state index < -0.39 is 23.9 Å². The number of amides is 1. The Bertz CT molecular complexity index is 595. The molecule has 0 aliphatic carbocycles. The minimum absolute atomic E-state index is 0.0327. The zero-order valence-corrected chi connectivity index (χ0v) is 15.2. The second-order valence-electron chi connectivity index (χ2n) is 6.87. The number of ether oxygens (including phenoxy) is 2. The summed E-state index contributed by atoms with van der Waals surface area (Å²) < 4.78 is 11.1. The maximum Gasteiger partial charge on any atom is 0.234 e. The highest BCUT2D eigenvalue weighted by Gasteiger charge is 2.47. The zero-order valence-electron chi connectivity index (χ0n) is 15.2. The third-order valence-corrected chi connectivity index (χ3v) is 4.43. The number of benzene rings is 1. The highest BCUT2D eigenvalue weighted by atomic mass is 16.5. The van der Waals surface area contributed by atoms with Crippen LogP contribution in [0.3, 0.4) is 0 Å². The van der Waals surface area contributed by atoms with Gasteiger partial charge in [0.2, 0.25) is 5.91 Å². The fourth-order valence-electron chi connectivity index (χ4n) is 3.07. The van der Waals surface area contributed by atoms with Crippen molar-refractivity contribution in [1.82, 2.24) is 10.2 Å². The van der Waals surface area contributed by atoms with Gasteiger partial charge in [0.15, 0.2) is 0 Å². The second-order valence-corrected chi connectivity index (χ2v) is 6.87. The smallest absolute Gasteiger partial charge is 0.234 e. The van der Waals surface area contributed by atoms with Gasteiger partial charge in [-0.2, -0.15) is 0 Å². The van der Waals surface area contributed by atoms with Crippen molar-refractivity contribution in [3.05, 3.63) is 29.8 Å². The van der Waals surface area contributed by atoms with Gasteiger partial charge in [-0.15, -0.1) is 0 Å². The molecular weight excluding hydrogens is 324 g/mol. The third-order valence-electron chi connectivity index (χ3n) is 4.43. The van der Waals surface area contributed by atoms with Crippen molar-refractivity contribution < 1.29 is 24.5 Å². The molecule has 4 atom stereocenters. The van der Waals surface area contributed by atoms with Gasteiger partial charge in [0.1, 0.15) is 17.5 Å². The van der Waals surface area contributed by atoms with Crippen molar-refractivity contribution in [1.29, 1.82) is 0 Å². The summed E-state index contributed by atoms with van der Waals surface area (Å²) in [6.45, 7) is 1.90. The van der Waals surface area contributed by atoms with Gasteiger partial charge in [0.25, 0.3) is 0 Å². The van der Waals surface area contributed by atoms with Crippen LogP contribution in [0.4, 0.5) is 0 Å². The predicted octanol–water partition coefficient (Wildman–Crippen LogP) is 0.315. The Hall–Kier alpha value is -1.67. The molecule has 0 aromatic heterocycles. The number of carbonyl (C=O) groups is 1. The van der Waals surface area contributed by atoms with Crippen LogP contribution in [-0.4, -0.2) is 73.1 Å². The summed E-state index contributed by atoms with van der Waals surface area (Å²) in [6, 6.07) is 7.42. The van der Waals surface area contributed by atoms with Gasteiger partial charge in [-0.1, -0.05) is 12.1 Å². The number of aliphatic hydroxyl groups is 2. The third kappa shape index (κ3) is 4.92. The molecular formula is C18H28N2O5. The van der Waals surface area contributed by atoms with Gasteiger partial charge in [-0.25, -0.2) is 0 Å². The van der Waals surface area contributed by atoms with E-state index in [-0.39, 0.29) is 25.4 Å². The fourth-order valence-corrected chi connectivity index (χ4v) is 3.07. The number of likely N-dealkylation sites (N-methyl/N-ethyl adjacent to an activating group) is 1. The molecule has 1 aliphatic rings. The SMILES string of the molecule is COc1cccc([C@H]2C[C@@](O)(CNC(=O)CN(C)C)[C@H](O)[C@@H](C)O2)c1. The molecule has 140 valence electrons. The summed E-state index contributed by atoms with van der Waals surface area (Å²) in [5.41, 5.74) is -0.607. The lowest BCUT2D eigenvalue weighted by Gasteiger charge is -2.44. The largest absolute Gasteiger partial charge is 0.497 e. The van der Waals surface area contributed by atoms with Crippen molar-refractivity contribution in [3.8, 4) is 5.75 Å². The summed E-state index contributed by atoms with van der Waals surface area (Å²) in [5, 5.41) is 24.1. The first kappa shape index (κ1) is 19.7. The second kappa shape index (κ2) is 8.14. The van der Waals surface area contributed by atoms with Crippen molar-refractivity contribution >= 4 is 5.91 Å². The number of aliphatic hydroxyl groups excluding tert-OH is 1. The number of nitrogens with one attached hydrogen (secondary N) is 1. The number of hydrogen-bond acceptors (Lipinski definition) is 6. The molecule has 0 saturated carbocycles. The van der Waals surface area contributed by atoms with E-state index in [0.29, 0.717) is 5.75 Å². The molecule has 1 amide bonds. The molecule has 0 bridgehead atoms. The topological polar surface area (TPSA) is 91.3 Å². The molecule has 7 nitrogen and oxygen atoms in total. The number of methoxy groups -OCH3 is 1. The highest BCUT2D eigenvalue weighted by Crippen LogP contribution is 2.38. The van der Waals surface area contributed by atoms with Crippen LogP contribution in [0.1, 0.15) is 25.0 Å². The van der Waals surface area contributed by atoms with Gasteiger partial charge < -0.3 is 29.9 Å². The van der Waals surface area contributed by atoms with Crippen LogP contribution in [0, 0.1) is 0 Å². The average molecular weight is 352 g/mol. The van der Waals surface area contributed by atoms with Crippen LogP contribution in [0.15, 0.2) is 24.3 Å². The molecule has 1 aromatic carbocycles. The molecule has 0 spiro atoms. The molecule has 25 heavy (non-hydrogen) atoms. The first-order chi connectivity index (χ1) is 11.7. The number of nitrogens with zero attached hydrogens (tertiary/aromatic N) is 1. The van der Waals surface area contributed by atoms with Crippen LogP contribution in [0.25, 0.3) is 0 Å². The first-order valence-corrected chi connectivity index (χ1v) is 8.36. The van der Waals surface area contributed by atoms with Crippen molar-refractivity contribution in [2.45, 2.75) is 37.3 Å². The minimum atomic E-state index is -1.46. The van der Waals surface area contributed by atoms with Crippen LogP contribution < -0.4 is 10.1 Å². The monoisotopic (exact) mass is 352 g/mol. The maximum atomic E-state index is 11.9. The molecule has 3 N–H and O–H groups in total. The van der Waals surface area contributed by atoms with Gasteiger partial charge in [-0.3, -0.25) is 4.79 Å². The van der Waals surface area contributed by atoms with Crippen molar-refractivity contribution in [2.75, 3.05) is 34.3 Å².